The molecule has 5 aromatic rings. The van der Waals surface area contributed by atoms with E-state index in [0.29, 0.717) is 11.8 Å². The highest BCUT2D eigenvalue weighted by Crippen LogP contribution is 2.69. The number of benzene rings is 5. The average Bonchev–Trinajstić information content (AvgIpc) is 3.29. The van der Waals surface area contributed by atoms with Crippen LogP contribution in [0.15, 0.2) is 115 Å². The summed E-state index contributed by atoms with van der Waals surface area (Å²) in [5.74, 6) is 5.29. The number of hydrogen-bond acceptors (Lipinski definition) is 2. The number of rotatable bonds is 3. The first-order valence-corrected chi connectivity index (χ1v) is 17.0. The largest absolute Gasteiger partial charge is 0.457 e. The average molecular weight is 586 g/mol. The van der Waals surface area contributed by atoms with E-state index in [1.807, 2.05) is 0 Å². The Bertz CT molecular complexity index is 1960. The molecule has 0 radical (unpaired) electrons. The quantitative estimate of drug-likeness (QED) is 0.209. The van der Waals surface area contributed by atoms with Gasteiger partial charge in [-0.2, -0.15) is 0 Å². The molecule has 6 aliphatic rings. The highest BCUT2D eigenvalue weighted by molar-refractivity contribution is 5.86. The molecule has 222 valence electrons. The van der Waals surface area contributed by atoms with Crippen molar-refractivity contribution in [2.24, 2.45) is 23.7 Å². The zero-order valence-electron chi connectivity index (χ0n) is 26.2. The first-order valence-electron chi connectivity index (χ1n) is 17.0. The van der Waals surface area contributed by atoms with Gasteiger partial charge in [-0.15, -0.1) is 0 Å². The van der Waals surface area contributed by atoms with Gasteiger partial charge >= 0.3 is 0 Å². The lowest BCUT2D eigenvalue weighted by molar-refractivity contribution is -0.0452. The lowest BCUT2D eigenvalue weighted by atomic mass is 9.42. The fourth-order valence-corrected chi connectivity index (χ4v) is 10.9. The van der Waals surface area contributed by atoms with Crippen LogP contribution in [0.25, 0.3) is 11.1 Å². The summed E-state index contributed by atoms with van der Waals surface area (Å²) in [5.41, 5.74) is 12.0. The van der Waals surface area contributed by atoms with Crippen molar-refractivity contribution in [3.8, 4) is 22.6 Å². The van der Waals surface area contributed by atoms with Crippen LogP contribution in [0.1, 0.15) is 68.2 Å². The third-order valence-electron chi connectivity index (χ3n) is 12.5. The molecular weight excluding hydrogens is 546 g/mol. The van der Waals surface area contributed by atoms with Gasteiger partial charge in [0.2, 0.25) is 0 Å². The SMILES string of the molecule is CC1(C)c2ccccc2-c2ccc(N(c3ccccc3)c3ccc4c(c3)C3(c5ccccc5O4)C4CC5CC(C4)CC3C5)cc21. The molecule has 5 aliphatic carbocycles. The molecule has 0 N–H and O–H groups in total. The second kappa shape index (κ2) is 9.13. The number of para-hydroxylation sites is 2. The smallest absolute Gasteiger partial charge is 0.131 e. The summed E-state index contributed by atoms with van der Waals surface area (Å²) in [6, 6.07) is 43.1. The van der Waals surface area contributed by atoms with Crippen LogP contribution in [-0.4, -0.2) is 0 Å². The summed E-state index contributed by atoms with van der Waals surface area (Å²) in [6.07, 6.45) is 6.87. The van der Waals surface area contributed by atoms with Crippen molar-refractivity contribution < 1.29 is 4.74 Å². The van der Waals surface area contributed by atoms with Gasteiger partial charge in [0.1, 0.15) is 11.5 Å². The Morgan fingerprint density at radius 3 is 1.84 bits per heavy atom. The van der Waals surface area contributed by atoms with Crippen molar-refractivity contribution in [1.82, 2.24) is 0 Å². The van der Waals surface area contributed by atoms with Crippen LogP contribution < -0.4 is 9.64 Å². The molecule has 5 aromatic carbocycles. The first kappa shape index (κ1) is 26.0. The van der Waals surface area contributed by atoms with Crippen molar-refractivity contribution in [2.75, 3.05) is 4.90 Å². The molecule has 4 saturated carbocycles. The fraction of sp³-hybridized carbons (Fsp3) is 0.302. The highest BCUT2D eigenvalue weighted by atomic mass is 16.5. The molecule has 0 atom stereocenters. The van der Waals surface area contributed by atoms with Gasteiger partial charge in [-0.3, -0.25) is 0 Å². The molecule has 4 fully saturated rings. The van der Waals surface area contributed by atoms with Crippen molar-refractivity contribution in [3.63, 3.8) is 0 Å². The van der Waals surface area contributed by atoms with Crippen LogP contribution in [-0.2, 0) is 10.8 Å². The van der Waals surface area contributed by atoms with Crippen LogP contribution in [0.3, 0.4) is 0 Å². The van der Waals surface area contributed by atoms with Crippen molar-refractivity contribution in [1.29, 1.82) is 0 Å². The van der Waals surface area contributed by atoms with Crippen LogP contribution in [0.4, 0.5) is 17.1 Å². The molecule has 0 aromatic heterocycles. The summed E-state index contributed by atoms with van der Waals surface area (Å²) in [6.45, 7) is 4.75. The summed E-state index contributed by atoms with van der Waals surface area (Å²) in [7, 11) is 0. The topological polar surface area (TPSA) is 12.5 Å². The minimum Gasteiger partial charge on any atom is -0.457 e. The van der Waals surface area contributed by atoms with E-state index in [-0.39, 0.29) is 10.8 Å². The molecule has 0 saturated heterocycles. The Morgan fingerprint density at radius 1 is 0.511 bits per heavy atom. The molecule has 1 heterocycles. The molecular formula is C43H39NO. The van der Waals surface area contributed by atoms with Gasteiger partial charge in [-0.1, -0.05) is 80.6 Å². The van der Waals surface area contributed by atoms with Crippen LogP contribution in [0.5, 0.6) is 11.5 Å². The lowest BCUT2D eigenvalue weighted by Gasteiger charge is -2.63. The van der Waals surface area contributed by atoms with Gasteiger partial charge in [-0.25, -0.2) is 0 Å². The normalized spacial score (nSPS) is 27.3. The number of nitrogens with zero attached hydrogens (tertiary/aromatic N) is 1. The monoisotopic (exact) mass is 585 g/mol. The van der Waals surface area contributed by atoms with Crippen molar-refractivity contribution >= 4 is 17.1 Å². The highest BCUT2D eigenvalue weighted by Gasteiger charge is 2.61. The van der Waals surface area contributed by atoms with Crippen molar-refractivity contribution in [3.05, 3.63) is 138 Å². The Labute approximate surface area is 266 Å². The third kappa shape index (κ3) is 3.46. The van der Waals surface area contributed by atoms with E-state index < -0.39 is 0 Å². The molecule has 2 nitrogen and oxygen atoms in total. The number of fused-ring (bicyclic) bond motifs is 5. The minimum atomic E-state index is -0.0534. The predicted molar refractivity (Wildman–Crippen MR) is 183 cm³/mol. The molecule has 11 rings (SSSR count). The van der Waals surface area contributed by atoms with Gasteiger partial charge in [0.25, 0.3) is 0 Å². The number of ether oxygens (including phenoxy) is 1. The van der Waals surface area contributed by atoms with Gasteiger partial charge in [-0.05, 0) is 127 Å². The van der Waals surface area contributed by atoms with Crippen LogP contribution in [0, 0.1) is 23.7 Å². The van der Waals surface area contributed by atoms with Crippen LogP contribution in [0.2, 0.25) is 0 Å². The van der Waals surface area contributed by atoms with Gasteiger partial charge < -0.3 is 9.64 Å². The van der Waals surface area contributed by atoms with E-state index in [1.54, 1.807) is 0 Å². The van der Waals surface area contributed by atoms with E-state index >= 15 is 0 Å². The van der Waals surface area contributed by atoms with Crippen molar-refractivity contribution in [2.45, 2.75) is 56.8 Å². The summed E-state index contributed by atoms with van der Waals surface area (Å²) >= 11 is 0. The van der Waals surface area contributed by atoms with E-state index in [2.05, 4.69) is 134 Å². The van der Waals surface area contributed by atoms with E-state index in [9.17, 15) is 0 Å². The maximum absolute atomic E-state index is 6.76. The van der Waals surface area contributed by atoms with E-state index in [0.717, 1.165) is 23.3 Å². The van der Waals surface area contributed by atoms with Gasteiger partial charge in [0.15, 0.2) is 0 Å². The second-order valence-electron chi connectivity index (χ2n) is 15.0. The Morgan fingerprint density at radius 2 is 1.09 bits per heavy atom. The molecule has 2 heteroatoms. The molecule has 0 amide bonds. The maximum atomic E-state index is 6.76. The molecule has 45 heavy (non-hydrogen) atoms. The van der Waals surface area contributed by atoms with Crippen LogP contribution >= 0.6 is 0 Å². The molecule has 0 unspecified atom stereocenters. The standard InChI is InChI=1S/C43H39NO/c1-42(2)36-13-7-6-12-34(36)35-18-16-32(25-38(35)42)44(31-10-4-3-5-11-31)33-17-19-41-39(26-33)43(37-14-8-9-15-40(37)45-41)29-21-27-20-28(23-29)24-30(43)22-27/h3-19,25-30H,20-24H2,1-2H3. The summed E-state index contributed by atoms with van der Waals surface area (Å²) < 4.78 is 6.76. The van der Waals surface area contributed by atoms with E-state index in [4.69, 9.17) is 4.74 Å². The zero-order chi connectivity index (χ0) is 29.9. The lowest BCUT2D eigenvalue weighted by Crippen LogP contribution is -2.57. The molecule has 4 bridgehead atoms. The number of anilines is 3. The van der Waals surface area contributed by atoms with Gasteiger partial charge in [0, 0.05) is 39.0 Å². The molecule has 1 aliphatic heterocycles. The van der Waals surface area contributed by atoms with E-state index in [1.165, 1.54) is 82.5 Å². The Hall–Kier alpha value is -4.30. The third-order valence-corrected chi connectivity index (χ3v) is 12.5. The first-order chi connectivity index (χ1) is 22.0. The number of hydrogen-bond donors (Lipinski definition) is 0. The fourth-order valence-electron chi connectivity index (χ4n) is 10.9. The Kier molecular flexibility index (Phi) is 5.27. The second-order valence-corrected chi connectivity index (χ2v) is 15.0. The summed E-state index contributed by atoms with van der Waals surface area (Å²) in [4.78, 5) is 2.48. The Balaban J connectivity index is 1.17. The maximum Gasteiger partial charge on any atom is 0.131 e. The predicted octanol–water partition coefficient (Wildman–Crippen LogP) is 11.3. The minimum absolute atomic E-state index is 0.0253. The summed E-state index contributed by atoms with van der Waals surface area (Å²) in [5, 5.41) is 0. The molecule has 1 spiro atoms. The van der Waals surface area contributed by atoms with Gasteiger partial charge in [0.05, 0.1) is 0 Å². The zero-order valence-corrected chi connectivity index (χ0v) is 26.2.